The Morgan fingerprint density at radius 1 is 0.919 bits per heavy atom. The lowest BCUT2D eigenvalue weighted by Gasteiger charge is -2.22. The lowest BCUT2D eigenvalue weighted by Crippen LogP contribution is -2.13. The van der Waals surface area contributed by atoms with Crippen LogP contribution in [-0.2, 0) is 26.7 Å². The number of nitrogens with zero attached hydrogens (tertiary/aromatic N) is 2. The Hall–Kier alpha value is -2.70. The molecule has 11 heteroatoms. The lowest BCUT2D eigenvalue weighted by molar-refractivity contribution is 0.349. The number of hydrogen-bond acceptors (Lipinski definition) is 7. The molecule has 1 heterocycles. The molecule has 1 aliphatic carbocycles. The van der Waals surface area contributed by atoms with Crippen molar-refractivity contribution in [1.29, 1.82) is 0 Å². The summed E-state index contributed by atoms with van der Waals surface area (Å²) in [6.07, 6.45) is 2.01. The Bertz CT molecular complexity index is 1690. The van der Waals surface area contributed by atoms with Gasteiger partial charge in [0.15, 0.2) is 0 Å². The van der Waals surface area contributed by atoms with Crippen LogP contribution in [0.2, 0.25) is 0 Å². The van der Waals surface area contributed by atoms with Gasteiger partial charge in [-0.3, -0.25) is 9.11 Å². The minimum absolute atomic E-state index is 0.192. The van der Waals surface area contributed by atoms with E-state index in [4.69, 9.17) is 4.98 Å². The number of hydrogen-bond donors (Lipinski definition) is 2. The van der Waals surface area contributed by atoms with Crippen molar-refractivity contribution in [3.63, 3.8) is 0 Å². The molecule has 0 unspecified atom stereocenters. The van der Waals surface area contributed by atoms with Gasteiger partial charge in [0.25, 0.3) is 20.2 Å². The highest BCUT2D eigenvalue weighted by Crippen LogP contribution is 2.33. The molecule has 0 amide bonds. The number of rotatable bonds is 6. The zero-order chi connectivity index (χ0) is 27.6. The van der Waals surface area contributed by atoms with Crippen molar-refractivity contribution in [2.24, 2.45) is 10.4 Å². The van der Waals surface area contributed by atoms with Gasteiger partial charge in [0.05, 0.1) is 36.7 Å². The van der Waals surface area contributed by atoms with Crippen molar-refractivity contribution in [1.82, 2.24) is 4.98 Å². The third kappa shape index (κ3) is 6.99. The van der Waals surface area contributed by atoms with Gasteiger partial charge in [-0.05, 0) is 65.9 Å². The third-order valence-corrected chi connectivity index (χ3v) is 8.69. The van der Waals surface area contributed by atoms with Crippen molar-refractivity contribution in [3.05, 3.63) is 65.5 Å². The van der Waals surface area contributed by atoms with E-state index in [1.807, 2.05) is 19.9 Å². The molecule has 4 rings (SSSR count). The predicted octanol–water partition coefficient (Wildman–Crippen LogP) is 6.13. The highest BCUT2D eigenvalue weighted by Gasteiger charge is 2.20. The van der Waals surface area contributed by atoms with Crippen LogP contribution in [0.3, 0.4) is 0 Å². The van der Waals surface area contributed by atoms with Gasteiger partial charge in [0.2, 0.25) is 0 Å². The summed E-state index contributed by atoms with van der Waals surface area (Å²) in [7, 11) is -9.29. The first-order valence-corrected chi connectivity index (χ1v) is 15.4. The van der Waals surface area contributed by atoms with Crippen LogP contribution in [0.4, 0.5) is 5.69 Å². The van der Waals surface area contributed by atoms with Crippen LogP contribution in [-0.4, -0.2) is 30.9 Å². The first-order valence-electron chi connectivity index (χ1n) is 11.7. The van der Waals surface area contributed by atoms with E-state index in [9.17, 15) is 25.9 Å². The van der Waals surface area contributed by atoms with E-state index in [1.54, 1.807) is 18.2 Å². The molecule has 0 bridgehead atoms. The zero-order valence-corrected chi connectivity index (χ0v) is 23.7. The summed E-state index contributed by atoms with van der Waals surface area (Å²) in [5, 5.41) is 0.327. The Kier molecular flexibility index (Phi) is 8.55. The summed E-state index contributed by atoms with van der Waals surface area (Å²) in [4.78, 5) is 8.68. The highest BCUT2D eigenvalue weighted by molar-refractivity contribution is 7.86. The fraction of sp³-hybridized carbons (Fsp3) is 0.308. The molecule has 0 saturated carbocycles. The Labute approximate surface area is 221 Å². The van der Waals surface area contributed by atoms with Gasteiger partial charge in [0.1, 0.15) is 4.90 Å². The molecule has 0 atom stereocenters. The van der Waals surface area contributed by atoms with Gasteiger partial charge in [-0.15, -0.1) is 11.3 Å². The standard InChI is InChI=1S/C24H24N2O6S3.C2H6/c1-4-24(2,3)14-15-5-9-21-19(11-15)26-18-8-6-16(12-22(18)33-21)25-20-13-17(34(27,28)29)7-10-23(20)35(30,31)32;1-2/h5-13H,4,14H2,1-3H3,(H,27,28,29)(H,30,31,32);1-2H3. The van der Waals surface area contributed by atoms with Crippen molar-refractivity contribution in [3.8, 4) is 10.6 Å². The van der Waals surface area contributed by atoms with Crippen molar-refractivity contribution < 1.29 is 25.9 Å². The molecule has 8 nitrogen and oxygen atoms in total. The molecule has 0 aromatic heterocycles. The van der Waals surface area contributed by atoms with Gasteiger partial charge in [-0.2, -0.15) is 16.8 Å². The summed E-state index contributed by atoms with van der Waals surface area (Å²) in [6.45, 7) is 10.6. The van der Waals surface area contributed by atoms with Gasteiger partial charge < -0.3 is 0 Å². The molecule has 1 aliphatic heterocycles. The smallest absolute Gasteiger partial charge is 0.282 e. The molecule has 0 saturated heterocycles. The maximum atomic E-state index is 11.8. The van der Waals surface area contributed by atoms with Crippen molar-refractivity contribution in [2.75, 3.05) is 0 Å². The van der Waals surface area contributed by atoms with Gasteiger partial charge in [0, 0.05) is 0 Å². The highest BCUT2D eigenvalue weighted by atomic mass is 32.2. The molecule has 2 aromatic carbocycles. The van der Waals surface area contributed by atoms with E-state index in [1.165, 1.54) is 16.9 Å². The van der Waals surface area contributed by atoms with E-state index in [0.29, 0.717) is 5.36 Å². The van der Waals surface area contributed by atoms with Crippen LogP contribution in [0.5, 0.6) is 0 Å². The molecule has 0 fully saturated rings. The average Bonchev–Trinajstić information content (AvgIpc) is 2.82. The first kappa shape index (κ1) is 28.9. The molecule has 2 N–H and O–H groups in total. The minimum atomic E-state index is -4.69. The molecular weight excluding hydrogens is 532 g/mol. The van der Waals surface area contributed by atoms with E-state index in [2.05, 4.69) is 37.9 Å². The summed E-state index contributed by atoms with van der Waals surface area (Å²) in [5.41, 5.74) is 2.70. The summed E-state index contributed by atoms with van der Waals surface area (Å²) in [5.74, 6) is 0. The van der Waals surface area contributed by atoms with Crippen LogP contribution >= 0.6 is 11.3 Å². The van der Waals surface area contributed by atoms with Gasteiger partial charge in [-0.25, -0.2) is 9.98 Å². The normalized spacial score (nSPS) is 13.0. The Balaban J connectivity index is 0.00000186. The molecule has 198 valence electrons. The molecule has 0 spiro atoms. The Morgan fingerprint density at radius 3 is 2.24 bits per heavy atom. The summed E-state index contributed by atoms with van der Waals surface area (Å²) in [6, 6.07) is 13.9. The molecule has 2 aromatic rings. The molecule has 0 radical (unpaired) electrons. The van der Waals surface area contributed by atoms with Crippen molar-refractivity contribution in [2.45, 2.75) is 57.3 Å². The van der Waals surface area contributed by atoms with Crippen molar-refractivity contribution >= 4 is 47.5 Å². The quantitative estimate of drug-likeness (QED) is 0.213. The SMILES string of the molecule is CC.CCC(C)(C)Cc1ccc2sc3cc(=Nc4cc(S(=O)(=O)O)ccc4S(=O)(=O)O)ccc-3nc2c1. The minimum Gasteiger partial charge on any atom is -0.282 e. The van der Waals surface area contributed by atoms with E-state index >= 15 is 0 Å². The predicted molar refractivity (Wildman–Crippen MR) is 147 cm³/mol. The largest absolute Gasteiger partial charge is 0.296 e. The van der Waals surface area contributed by atoms with Crippen LogP contribution in [0.1, 0.15) is 46.6 Å². The first-order chi connectivity index (χ1) is 17.2. The van der Waals surface area contributed by atoms with Gasteiger partial charge >= 0.3 is 0 Å². The fourth-order valence-electron chi connectivity index (χ4n) is 3.62. The number of aromatic nitrogens is 1. The monoisotopic (exact) mass is 562 g/mol. The van der Waals surface area contributed by atoms with E-state index in [-0.39, 0.29) is 11.1 Å². The second-order valence-corrected chi connectivity index (χ2v) is 12.9. The third-order valence-electron chi connectivity index (χ3n) is 5.82. The molecule has 37 heavy (non-hydrogen) atoms. The maximum Gasteiger partial charge on any atom is 0.296 e. The fourth-order valence-corrected chi connectivity index (χ4v) is 5.71. The van der Waals surface area contributed by atoms with Crippen LogP contribution in [0.25, 0.3) is 20.8 Å². The van der Waals surface area contributed by atoms with E-state index < -0.39 is 30.0 Å². The van der Waals surface area contributed by atoms with Crippen LogP contribution in [0.15, 0.2) is 69.4 Å². The van der Waals surface area contributed by atoms with E-state index in [0.717, 1.165) is 51.8 Å². The zero-order valence-electron chi connectivity index (χ0n) is 21.3. The summed E-state index contributed by atoms with van der Waals surface area (Å²) < 4.78 is 66.4. The van der Waals surface area contributed by atoms with Gasteiger partial charge in [-0.1, -0.05) is 47.1 Å². The number of benzene rings is 3. The number of fused-ring (bicyclic) bond motifs is 2. The van der Waals surface area contributed by atoms with Crippen LogP contribution < -0.4 is 5.36 Å². The molecule has 2 aliphatic rings. The second-order valence-electron chi connectivity index (χ2n) is 9.05. The topological polar surface area (TPSA) is 134 Å². The van der Waals surface area contributed by atoms with Crippen LogP contribution in [0, 0.1) is 5.41 Å². The maximum absolute atomic E-state index is 11.8. The summed E-state index contributed by atoms with van der Waals surface area (Å²) >= 11 is 1.50. The lowest BCUT2D eigenvalue weighted by atomic mass is 9.83. The average molecular weight is 563 g/mol. The molecular formula is C26H30N2O6S3. The second kappa shape index (κ2) is 11.0. The Morgan fingerprint density at radius 2 is 1.62 bits per heavy atom.